The standard InChI is InChI=1S/C17H19F2N5O/c1-11-6-16(24-4-2-3-5-24)23-15(21-11)10-20-17(25)22-14-8-12(18)7-13(19)9-14/h6-9H,2-5,10H2,1H3,(H2,20,22,25). The molecule has 2 aromatic rings. The summed E-state index contributed by atoms with van der Waals surface area (Å²) in [4.78, 5) is 22.9. The Morgan fingerprint density at radius 2 is 1.80 bits per heavy atom. The van der Waals surface area contributed by atoms with Crippen LogP contribution in [-0.2, 0) is 6.54 Å². The third-order valence-electron chi connectivity index (χ3n) is 3.84. The molecule has 2 heterocycles. The fraction of sp³-hybridized carbons (Fsp3) is 0.353. The third kappa shape index (κ3) is 4.62. The zero-order valence-corrected chi connectivity index (χ0v) is 13.9. The predicted molar refractivity (Wildman–Crippen MR) is 90.4 cm³/mol. The second kappa shape index (κ2) is 7.42. The van der Waals surface area contributed by atoms with Crippen LogP contribution in [0.1, 0.15) is 24.4 Å². The number of halogens is 2. The van der Waals surface area contributed by atoms with Gasteiger partial charge in [-0.3, -0.25) is 0 Å². The number of benzene rings is 1. The number of urea groups is 1. The van der Waals surface area contributed by atoms with E-state index in [1.54, 1.807) is 0 Å². The van der Waals surface area contributed by atoms with Gasteiger partial charge in [-0.2, -0.15) is 0 Å². The van der Waals surface area contributed by atoms with Gasteiger partial charge in [-0.15, -0.1) is 0 Å². The minimum Gasteiger partial charge on any atom is -0.357 e. The molecule has 2 amide bonds. The van der Waals surface area contributed by atoms with Gasteiger partial charge in [-0.1, -0.05) is 0 Å². The summed E-state index contributed by atoms with van der Waals surface area (Å²) in [5.74, 6) is -0.169. The van der Waals surface area contributed by atoms with Crippen molar-refractivity contribution in [2.75, 3.05) is 23.3 Å². The van der Waals surface area contributed by atoms with E-state index in [0.717, 1.165) is 55.6 Å². The van der Waals surface area contributed by atoms with Crippen molar-refractivity contribution in [1.29, 1.82) is 0 Å². The number of nitrogens with one attached hydrogen (secondary N) is 2. The number of rotatable bonds is 4. The Morgan fingerprint density at radius 1 is 1.12 bits per heavy atom. The van der Waals surface area contributed by atoms with Gasteiger partial charge in [0.05, 0.1) is 6.54 Å². The molecule has 0 radical (unpaired) electrons. The van der Waals surface area contributed by atoms with Crippen LogP contribution in [-0.4, -0.2) is 29.1 Å². The van der Waals surface area contributed by atoms with Crippen LogP contribution in [0.2, 0.25) is 0 Å². The average molecular weight is 347 g/mol. The van der Waals surface area contributed by atoms with Gasteiger partial charge in [0.15, 0.2) is 0 Å². The number of anilines is 2. The summed E-state index contributed by atoms with van der Waals surface area (Å²) in [6, 6.07) is 4.15. The molecule has 1 aromatic carbocycles. The SMILES string of the molecule is Cc1cc(N2CCCC2)nc(CNC(=O)Nc2cc(F)cc(F)c2)n1. The van der Waals surface area contributed by atoms with Gasteiger partial charge >= 0.3 is 6.03 Å². The number of carbonyl (C=O) groups is 1. The van der Waals surface area contributed by atoms with Gasteiger partial charge in [0.1, 0.15) is 23.3 Å². The van der Waals surface area contributed by atoms with Crippen LogP contribution < -0.4 is 15.5 Å². The molecule has 1 fully saturated rings. The summed E-state index contributed by atoms with van der Waals surface area (Å²) in [5, 5.41) is 4.98. The van der Waals surface area contributed by atoms with Crippen molar-refractivity contribution in [3.63, 3.8) is 0 Å². The van der Waals surface area contributed by atoms with Crippen LogP contribution in [0.15, 0.2) is 24.3 Å². The van der Waals surface area contributed by atoms with Crippen LogP contribution in [0.25, 0.3) is 0 Å². The van der Waals surface area contributed by atoms with Crippen molar-refractivity contribution in [2.45, 2.75) is 26.3 Å². The Balaban J connectivity index is 1.61. The Hall–Kier alpha value is -2.77. The molecule has 25 heavy (non-hydrogen) atoms. The Labute approximate surface area is 144 Å². The summed E-state index contributed by atoms with van der Waals surface area (Å²) < 4.78 is 26.3. The van der Waals surface area contributed by atoms with Crippen molar-refractivity contribution in [2.24, 2.45) is 0 Å². The first-order valence-corrected chi connectivity index (χ1v) is 8.10. The van der Waals surface area contributed by atoms with Gasteiger partial charge in [0.25, 0.3) is 0 Å². The molecule has 132 valence electrons. The minimum absolute atomic E-state index is 0.0397. The smallest absolute Gasteiger partial charge is 0.319 e. The molecule has 0 spiro atoms. The van der Waals surface area contributed by atoms with Crippen LogP contribution >= 0.6 is 0 Å². The van der Waals surface area contributed by atoms with Gasteiger partial charge in [-0.25, -0.2) is 23.5 Å². The fourth-order valence-corrected chi connectivity index (χ4v) is 2.76. The fourth-order valence-electron chi connectivity index (χ4n) is 2.76. The monoisotopic (exact) mass is 347 g/mol. The molecule has 1 saturated heterocycles. The molecule has 3 rings (SSSR count). The quantitative estimate of drug-likeness (QED) is 0.892. The van der Waals surface area contributed by atoms with Gasteiger partial charge < -0.3 is 15.5 Å². The molecule has 6 nitrogen and oxygen atoms in total. The van der Waals surface area contributed by atoms with E-state index in [2.05, 4.69) is 25.5 Å². The van der Waals surface area contributed by atoms with Crippen molar-refractivity contribution < 1.29 is 13.6 Å². The Morgan fingerprint density at radius 3 is 2.48 bits per heavy atom. The Kier molecular flexibility index (Phi) is 5.06. The maximum Gasteiger partial charge on any atom is 0.319 e. The summed E-state index contributed by atoms with van der Waals surface area (Å²) in [7, 11) is 0. The van der Waals surface area contributed by atoms with Gasteiger partial charge in [-0.05, 0) is 31.9 Å². The molecule has 1 aliphatic heterocycles. The Bertz CT molecular complexity index is 757. The molecular weight excluding hydrogens is 328 g/mol. The van der Waals surface area contributed by atoms with Crippen molar-refractivity contribution in [3.05, 3.63) is 47.4 Å². The zero-order valence-electron chi connectivity index (χ0n) is 13.9. The number of amides is 2. The molecule has 0 bridgehead atoms. The van der Waals surface area contributed by atoms with E-state index in [1.807, 2.05) is 13.0 Å². The van der Waals surface area contributed by atoms with Crippen molar-refractivity contribution >= 4 is 17.5 Å². The van der Waals surface area contributed by atoms with Crippen LogP contribution in [0, 0.1) is 18.6 Å². The van der Waals surface area contributed by atoms with Crippen molar-refractivity contribution in [3.8, 4) is 0 Å². The maximum atomic E-state index is 13.1. The third-order valence-corrected chi connectivity index (χ3v) is 3.84. The maximum absolute atomic E-state index is 13.1. The first-order valence-electron chi connectivity index (χ1n) is 8.10. The van der Waals surface area contributed by atoms with E-state index in [9.17, 15) is 13.6 Å². The van der Waals surface area contributed by atoms with E-state index in [0.29, 0.717) is 5.82 Å². The summed E-state index contributed by atoms with van der Waals surface area (Å²) in [5.41, 5.74) is 0.860. The number of nitrogens with zero attached hydrogens (tertiary/aromatic N) is 3. The number of aryl methyl sites for hydroxylation is 1. The zero-order chi connectivity index (χ0) is 17.8. The topological polar surface area (TPSA) is 70.2 Å². The highest BCUT2D eigenvalue weighted by Crippen LogP contribution is 2.18. The van der Waals surface area contributed by atoms with E-state index in [4.69, 9.17) is 0 Å². The number of hydrogen-bond acceptors (Lipinski definition) is 4. The number of aromatic nitrogens is 2. The molecule has 2 N–H and O–H groups in total. The summed E-state index contributed by atoms with van der Waals surface area (Å²) in [6.07, 6.45) is 2.28. The molecule has 0 atom stereocenters. The lowest BCUT2D eigenvalue weighted by molar-refractivity contribution is 0.251. The summed E-state index contributed by atoms with van der Waals surface area (Å²) >= 11 is 0. The minimum atomic E-state index is -0.757. The molecular formula is C17H19F2N5O. The summed E-state index contributed by atoms with van der Waals surface area (Å²) in [6.45, 7) is 3.93. The molecule has 1 aromatic heterocycles. The predicted octanol–water partition coefficient (Wildman–Crippen LogP) is 2.99. The first kappa shape index (κ1) is 17.1. The average Bonchev–Trinajstić information content (AvgIpc) is 3.06. The number of carbonyl (C=O) groups excluding carboxylic acids is 1. The molecule has 0 saturated carbocycles. The van der Waals surface area contributed by atoms with Crippen LogP contribution in [0.4, 0.5) is 25.1 Å². The molecule has 8 heteroatoms. The molecule has 0 aliphatic carbocycles. The highest BCUT2D eigenvalue weighted by atomic mass is 19.1. The van der Waals surface area contributed by atoms with Gasteiger partial charge in [0.2, 0.25) is 0 Å². The lowest BCUT2D eigenvalue weighted by Gasteiger charge is -2.17. The highest BCUT2D eigenvalue weighted by molar-refractivity contribution is 5.89. The second-order valence-corrected chi connectivity index (χ2v) is 5.94. The van der Waals surface area contributed by atoms with Crippen molar-refractivity contribution in [1.82, 2.24) is 15.3 Å². The van der Waals surface area contributed by atoms with E-state index in [-0.39, 0.29) is 12.2 Å². The second-order valence-electron chi connectivity index (χ2n) is 5.94. The first-order chi connectivity index (χ1) is 12.0. The lowest BCUT2D eigenvalue weighted by Crippen LogP contribution is -2.29. The normalized spacial score (nSPS) is 13.8. The largest absolute Gasteiger partial charge is 0.357 e. The van der Waals surface area contributed by atoms with E-state index < -0.39 is 17.7 Å². The highest BCUT2D eigenvalue weighted by Gasteiger charge is 2.15. The van der Waals surface area contributed by atoms with E-state index in [1.165, 1.54) is 0 Å². The molecule has 0 unspecified atom stereocenters. The number of hydrogen-bond donors (Lipinski definition) is 2. The van der Waals surface area contributed by atoms with Crippen LogP contribution in [0.3, 0.4) is 0 Å². The lowest BCUT2D eigenvalue weighted by atomic mass is 10.3. The van der Waals surface area contributed by atoms with Gasteiger partial charge in [0, 0.05) is 36.6 Å². The van der Waals surface area contributed by atoms with E-state index >= 15 is 0 Å². The van der Waals surface area contributed by atoms with Crippen LogP contribution in [0.5, 0.6) is 0 Å². The molecule has 1 aliphatic rings.